The van der Waals surface area contributed by atoms with Gasteiger partial charge in [0.1, 0.15) is 5.82 Å². The van der Waals surface area contributed by atoms with E-state index in [4.69, 9.17) is 4.74 Å². The molecule has 4 aromatic rings. The minimum atomic E-state index is -0.821. The molecule has 4 heteroatoms. The van der Waals surface area contributed by atoms with Crippen molar-refractivity contribution in [2.75, 3.05) is 7.11 Å². The number of hydrogen-bond acceptors (Lipinski definition) is 2. The summed E-state index contributed by atoms with van der Waals surface area (Å²) in [6.07, 6.45) is 0.629. The minimum absolute atomic E-state index is 0.210. The van der Waals surface area contributed by atoms with Crippen LogP contribution in [0.3, 0.4) is 0 Å². The lowest BCUT2D eigenvalue weighted by Gasteiger charge is -2.23. The normalized spacial score (nSPS) is 10.8. The van der Waals surface area contributed by atoms with Crippen molar-refractivity contribution in [3.63, 3.8) is 0 Å². The Kier molecular flexibility index (Phi) is 7.09. The molecule has 0 fully saturated rings. The summed E-state index contributed by atoms with van der Waals surface area (Å²) in [5, 5.41) is 3.70. The zero-order valence-corrected chi connectivity index (χ0v) is 18.8. The molecule has 4 aromatic carbocycles. The first-order chi connectivity index (χ1) is 15.7. The molecule has 0 unspecified atom stereocenters. The van der Waals surface area contributed by atoms with Crippen molar-refractivity contribution in [3.05, 3.63) is 115 Å². The van der Waals surface area contributed by atoms with Crippen LogP contribution in [0.2, 0.25) is 0 Å². The number of benzene rings is 4. The Morgan fingerprint density at radius 3 is 2.00 bits per heavy atom. The zero-order chi connectivity index (χ0) is 22.3. The van der Waals surface area contributed by atoms with Crippen LogP contribution in [-0.2, 0) is 16.0 Å². The van der Waals surface area contributed by atoms with Crippen LogP contribution in [0.25, 0.3) is 11.1 Å². The van der Waals surface area contributed by atoms with Crippen molar-refractivity contribution < 1.29 is 13.9 Å². The molecule has 0 N–H and O–H groups in total. The van der Waals surface area contributed by atoms with E-state index in [0.717, 1.165) is 16.7 Å². The molecule has 2 nitrogen and oxygen atoms in total. The van der Waals surface area contributed by atoms with Crippen molar-refractivity contribution in [1.29, 1.82) is 0 Å². The molecule has 160 valence electrons. The third-order valence-electron chi connectivity index (χ3n) is 5.36. The summed E-state index contributed by atoms with van der Waals surface area (Å²) in [6.45, 7) is 0. The SMILES string of the molecule is COC(=O)CCc1cc(F)ccc1-c1ccccc1P(c1ccccc1)c1ccccc1. The van der Waals surface area contributed by atoms with E-state index in [2.05, 4.69) is 66.7 Å². The fourth-order valence-corrected chi connectivity index (χ4v) is 6.31. The molecule has 0 radical (unpaired) electrons. The zero-order valence-electron chi connectivity index (χ0n) is 17.9. The highest BCUT2D eigenvalue weighted by atomic mass is 31.1. The van der Waals surface area contributed by atoms with Gasteiger partial charge in [-0.25, -0.2) is 4.39 Å². The molecule has 0 aliphatic rings. The van der Waals surface area contributed by atoms with Gasteiger partial charge >= 0.3 is 5.97 Å². The van der Waals surface area contributed by atoms with Gasteiger partial charge in [-0.2, -0.15) is 0 Å². The first-order valence-electron chi connectivity index (χ1n) is 10.5. The second-order valence-electron chi connectivity index (χ2n) is 7.40. The average Bonchev–Trinajstić information content (AvgIpc) is 2.84. The number of aryl methyl sites for hydroxylation is 1. The molecule has 0 aliphatic carbocycles. The minimum Gasteiger partial charge on any atom is -0.469 e. The third-order valence-corrected chi connectivity index (χ3v) is 7.86. The van der Waals surface area contributed by atoms with Crippen LogP contribution >= 0.6 is 7.92 Å². The summed E-state index contributed by atoms with van der Waals surface area (Å²) in [5.74, 6) is -0.608. The van der Waals surface area contributed by atoms with Crippen LogP contribution in [0.4, 0.5) is 4.39 Å². The van der Waals surface area contributed by atoms with E-state index in [-0.39, 0.29) is 18.2 Å². The van der Waals surface area contributed by atoms with E-state index in [1.54, 1.807) is 0 Å². The van der Waals surface area contributed by atoms with Crippen LogP contribution < -0.4 is 15.9 Å². The number of esters is 1. The maximum absolute atomic E-state index is 14.1. The molecule has 0 atom stereocenters. The molecule has 0 heterocycles. The number of rotatable bonds is 7. The maximum Gasteiger partial charge on any atom is 0.305 e. The fourth-order valence-electron chi connectivity index (χ4n) is 3.85. The number of carbonyl (C=O) groups is 1. The quantitative estimate of drug-likeness (QED) is 0.285. The van der Waals surface area contributed by atoms with Crippen molar-refractivity contribution in [2.45, 2.75) is 12.8 Å². The highest BCUT2D eigenvalue weighted by Crippen LogP contribution is 2.38. The molecule has 4 rings (SSSR count). The lowest BCUT2D eigenvalue weighted by Crippen LogP contribution is -2.22. The van der Waals surface area contributed by atoms with Crippen LogP contribution in [-0.4, -0.2) is 13.1 Å². The van der Waals surface area contributed by atoms with E-state index in [0.29, 0.717) is 6.42 Å². The summed E-state index contributed by atoms with van der Waals surface area (Å²) in [4.78, 5) is 11.8. The van der Waals surface area contributed by atoms with Gasteiger partial charge in [0, 0.05) is 6.42 Å². The lowest BCUT2D eigenvalue weighted by atomic mass is 9.96. The van der Waals surface area contributed by atoms with E-state index in [1.807, 2.05) is 24.3 Å². The number of hydrogen-bond donors (Lipinski definition) is 0. The van der Waals surface area contributed by atoms with E-state index >= 15 is 0 Å². The van der Waals surface area contributed by atoms with Crippen LogP contribution in [0, 0.1) is 5.82 Å². The Morgan fingerprint density at radius 1 is 0.781 bits per heavy atom. The van der Waals surface area contributed by atoms with E-state index < -0.39 is 7.92 Å². The molecule has 0 saturated carbocycles. The Labute approximate surface area is 189 Å². The van der Waals surface area contributed by atoms with Gasteiger partial charge in [0.15, 0.2) is 0 Å². The van der Waals surface area contributed by atoms with Gasteiger partial charge < -0.3 is 4.74 Å². The number of carbonyl (C=O) groups excluding carboxylic acids is 1. The Hall–Kier alpha value is -3.29. The highest BCUT2D eigenvalue weighted by Gasteiger charge is 2.21. The molecule has 0 saturated heterocycles. The molecular weight excluding hydrogens is 418 g/mol. The molecule has 32 heavy (non-hydrogen) atoms. The second kappa shape index (κ2) is 10.3. The molecule has 0 spiro atoms. The van der Waals surface area contributed by atoms with Crippen LogP contribution in [0.15, 0.2) is 103 Å². The van der Waals surface area contributed by atoms with Gasteiger partial charge in [-0.3, -0.25) is 4.79 Å². The van der Waals surface area contributed by atoms with Gasteiger partial charge in [-0.05, 0) is 59.1 Å². The second-order valence-corrected chi connectivity index (χ2v) is 9.59. The molecule has 0 amide bonds. The van der Waals surface area contributed by atoms with Crippen LogP contribution in [0.5, 0.6) is 0 Å². The monoisotopic (exact) mass is 442 g/mol. The standard InChI is InChI=1S/C28H24FO2P/c1-31-28(30)19-16-21-20-22(29)17-18-25(21)26-14-8-9-15-27(26)32(23-10-4-2-5-11-23)24-12-6-3-7-13-24/h2-15,17-18,20H,16,19H2,1H3. The van der Waals surface area contributed by atoms with E-state index in [9.17, 15) is 9.18 Å². The van der Waals surface area contributed by atoms with Crippen molar-refractivity contribution in [1.82, 2.24) is 0 Å². The summed E-state index contributed by atoms with van der Waals surface area (Å²) in [6, 6.07) is 34.1. The Balaban J connectivity index is 1.87. The lowest BCUT2D eigenvalue weighted by molar-refractivity contribution is -0.140. The number of halogens is 1. The topological polar surface area (TPSA) is 26.3 Å². The predicted molar refractivity (Wildman–Crippen MR) is 131 cm³/mol. The first kappa shape index (κ1) is 21.9. The largest absolute Gasteiger partial charge is 0.469 e. The molecule has 0 aromatic heterocycles. The number of methoxy groups -OCH3 is 1. The van der Waals surface area contributed by atoms with Gasteiger partial charge in [0.05, 0.1) is 7.11 Å². The number of ether oxygens (including phenoxy) is 1. The molecular formula is C28H24FO2P. The van der Waals surface area contributed by atoms with Crippen molar-refractivity contribution >= 4 is 29.8 Å². The Bertz CT molecular complexity index is 1150. The Morgan fingerprint density at radius 2 is 1.38 bits per heavy atom. The average molecular weight is 442 g/mol. The van der Waals surface area contributed by atoms with Crippen molar-refractivity contribution in [3.8, 4) is 11.1 Å². The first-order valence-corrected chi connectivity index (χ1v) is 11.9. The van der Waals surface area contributed by atoms with Gasteiger partial charge in [-0.15, -0.1) is 0 Å². The third kappa shape index (κ3) is 4.95. The smallest absolute Gasteiger partial charge is 0.305 e. The fraction of sp³-hybridized carbons (Fsp3) is 0.107. The van der Waals surface area contributed by atoms with Crippen LogP contribution in [0.1, 0.15) is 12.0 Å². The van der Waals surface area contributed by atoms with Gasteiger partial charge in [-0.1, -0.05) is 91.0 Å². The summed E-state index contributed by atoms with van der Waals surface area (Å²) >= 11 is 0. The van der Waals surface area contributed by atoms with E-state index in [1.165, 1.54) is 35.2 Å². The highest BCUT2D eigenvalue weighted by molar-refractivity contribution is 7.80. The summed E-state index contributed by atoms with van der Waals surface area (Å²) in [7, 11) is 0.551. The molecule has 0 aliphatic heterocycles. The summed E-state index contributed by atoms with van der Waals surface area (Å²) < 4.78 is 18.9. The van der Waals surface area contributed by atoms with Gasteiger partial charge in [0.25, 0.3) is 0 Å². The molecule has 0 bridgehead atoms. The summed E-state index contributed by atoms with van der Waals surface area (Å²) in [5.41, 5.74) is 2.82. The van der Waals surface area contributed by atoms with Crippen molar-refractivity contribution in [2.24, 2.45) is 0 Å². The van der Waals surface area contributed by atoms with Gasteiger partial charge in [0.2, 0.25) is 0 Å². The predicted octanol–water partition coefficient (Wildman–Crippen LogP) is 5.36. The maximum atomic E-state index is 14.1.